The Morgan fingerprint density at radius 1 is 1.16 bits per heavy atom. The van der Waals surface area contributed by atoms with Crippen LogP contribution in [0.15, 0.2) is 42.7 Å². The van der Waals surface area contributed by atoms with Crippen molar-refractivity contribution in [1.82, 2.24) is 14.3 Å². The van der Waals surface area contributed by atoms with E-state index in [0.717, 1.165) is 25.1 Å². The first-order chi connectivity index (χ1) is 15.6. The molecule has 7 heteroatoms. The highest BCUT2D eigenvalue weighted by Crippen LogP contribution is 2.36. The smallest absolute Gasteiger partial charge is 0.254 e. The lowest BCUT2D eigenvalue weighted by atomic mass is 9.78. The molecule has 2 atom stereocenters. The van der Waals surface area contributed by atoms with Gasteiger partial charge in [-0.05, 0) is 55.9 Å². The van der Waals surface area contributed by atoms with Gasteiger partial charge in [0.25, 0.3) is 5.91 Å². The normalized spacial score (nSPS) is 20.9. The minimum Gasteiger partial charge on any atom is -0.335 e. The average Bonchev–Trinajstić information content (AvgIpc) is 3.25. The Labute approximate surface area is 187 Å². The molecule has 0 spiro atoms. The molecule has 1 amide bonds. The molecule has 0 bridgehead atoms. The van der Waals surface area contributed by atoms with Crippen LogP contribution in [0.2, 0.25) is 0 Å². The van der Waals surface area contributed by atoms with E-state index >= 15 is 0 Å². The fourth-order valence-corrected chi connectivity index (χ4v) is 5.48. The van der Waals surface area contributed by atoms with E-state index in [-0.39, 0.29) is 17.4 Å². The summed E-state index contributed by atoms with van der Waals surface area (Å²) in [6.45, 7) is 0.829. The molecule has 2 aromatic heterocycles. The van der Waals surface area contributed by atoms with Gasteiger partial charge in [0.15, 0.2) is 0 Å². The van der Waals surface area contributed by atoms with E-state index in [4.69, 9.17) is 5.41 Å². The van der Waals surface area contributed by atoms with Gasteiger partial charge in [-0.2, -0.15) is 0 Å². The molecule has 1 aliphatic heterocycles. The summed E-state index contributed by atoms with van der Waals surface area (Å²) in [5.41, 5.74) is 3.55. The number of nitrogens with one attached hydrogen (secondary N) is 1. The lowest BCUT2D eigenvalue weighted by Gasteiger charge is -2.44. The third-order valence-electron chi connectivity index (χ3n) is 7.11. The number of nitrogens with zero attached hydrogens (tertiary/aromatic N) is 3. The van der Waals surface area contributed by atoms with Crippen molar-refractivity contribution >= 4 is 23.0 Å². The fraction of sp³-hybridized carbons (Fsp3) is 0.400. The van der Waals surface area contributed by atoms with Crippen molar-refractivity contribution in [3.05, 3.63) is 65.4 Å². The summed E-state index contributed by atoms with van der Waals surface area (Å²) in [6, 6.07) is 8.88. The predicted octanol–water partition coefficient (Wildman–Crippen LogP) is 3.51. The number of hydrogen-bond acceptors (Lipinski definition) is 3. The third-order valence-corrected chi connectivity index (χ3v) is 7.11. The van der Waals surface area contributed by atoms with Gasteiger partial charge in [-0.3, -0.25) is 14.6 Å². The number of amides is 1. The summed E-state index contributed by atoms with van der Waals surface area (Å²) < 4.78 is 15.4. The predicted molar refractivity (Wildman–Crippen MR) is 121 cm³/mol. The van der Waals surface area contributed by atoms with E-state index in [2.05, 4.69) is 9.88 Å². The van der Waals surface area contributed by atoms with Crippen LogP contribution in [0.25, 0.3) is 5.65 Å². The van der Waals surface area contributed by atoms with Gasteiger partial charge in [-0.15, -0.1) is 0 Å². The molecule has 1 saturated carbocycles. The van der Waals surface area contributed by atoms with Gasteiger partial charge in [0.1, 0.15) is 17.2 Å². The molecule has 166 valence electrons. The quantitative estimate of drug-likeness (QED) is 0.487. The van der Waals surface area contributed by atoms with E-state index in [0.29, 0.717) is 34.4 Å². The highest BCUT2D eigenvalue weighted by Gasteiger charge is 2.36. The SMILES string of the molecule is C[NH2+]c1cc(C(=O)N2CCCC3CCCCC32)ccc1C(=N)c1cnc2ccc(F)cn12. The van der Waals surface area contributed by atoms with Crippen LogP contribution in [0.3, 0.4) is 0 Å². The number of carbonyl (C=O) groups excluding carboxylic acids is 1. The number of halogens is 1. The summed E-state index contributed by atoms with van der Waals surface area (Å²) in [7, 11) is 1.91. The van der Waals surface area contributed by atoms with Crippen LogP contribution in [-0.4, -0.2) is 45.5 Å². The minimum atomic E-state index is -0.379. The number of fused-ring (bicyclic) bond motifs is 2. The van der Waals surface area contributed by atoms with Crippen molar-refractivity contribution in [3.8, 4) is 0 Å². The van der Waals surface area contributed by atoms with Crippen LogP contribution >= 0.6 is 0 Å². The number of benzene rings is 1. The monoisotopic (exact) mass is 434 g/mol. The number of quaternary nitrogens is 1. The zero-order valence-corrected chi connectivity index (χ0v) is 18.4. The lowest BCUT2D eigenvalue weighted by molar-refractivity contribution is -0.539. The standard InChI is InChI=1S/C25H28FN5O/c1-28-20-13-17(25(32)30-12-4-6-16-5-2-3-7-21(16)30)8-10-19(20)24(27)22-14-29-23-11-9-18(26)15-31(22)23/h8-11,13-16,21,27-28H,2-7,12H2,1H3/p+1. The van der Waals surface area contributed by atoms with Crippen LogP contribution < -0.4 is 5.32 Å². The second-order valence-corrected chi connectivity index (χ2v) is 8.94. The van der Waals surface area contributed by atoms with Gasteiger partial charge in [0.2, 0.25) is 0 Å². The average molecular weight is 435 g/mol. The van der Waals surface area contributed by atoms with Crippen molar-refractivity contribution in [2.75, 3.05) is 13.6 Å². The largest absolute Gasteiger partial charge is 0.335 e. The highest BCUT2D eigenvalue weighted by atomic mass is 19.1. The van der Waals surface area contributed by atoms with E-state index in [1.807, 2.05) is 30.6 Å². The third kappa shape index (κ3) is 3.60. The summed E-state index contributed by atoms with van der Waals surface area (Å²) in [6.07, 6.45) is 10.1. The number of nitrogens with two attached hydrogens (primary N) is 1. The van der Waals surface area contributed by atoms with Crippen LogP contribution in [0, 0.1) is 17.1 Å². The van der Waals surface area contributed by atoms with Crippen molar-refractivity contribution in [2.45, 2.75) is 44.6 Å². The van der Waals surface area contributed by atoms with Crippen LogP contribution in [-0.2, 0) is 0 Å². The van der Waals surface area contributed by atoms with Crippen molar-refractivity contribution < 1.29 is 14.5 Å². The molecule has 3 heterocycles. The van der Waals surface area contributed by atoms with Gasteiger partial charge < -0.3 is 10.2 Å². The Morgan fingerprint density at radius 3 is 2.81 bits per heavy atom. The minimum absolute atomic E-state index is 0.0969. The zero-order valence-electron chi connectivity index (χ0n) is 18.4. The first kappa shape index (κ1) is 20.8. The van der Waals surface area contributed by atoms with Gasteiger partial charge >= 0.3 is 0 Å². The number of likely N-dealkylation sites (tertiary alicyclic amines) is 1. The molecule has 3 aromatic rings. The second-order valence-electron chi connectivity index (χ2n) is 8.94. The van der Waals surface area contributed by atoms with Crippen LogP contribution in [0.1, 0.15) is 60.1 Å². The van der Waals surface area contributed by atoms with E-state index < -0.39 is 0 Å². The van der Waals surface area contributed by atoms with Crippen molar-refractivity contribution in [3.63, 3.8) is 0 Å². The highest BCUT2D eigenvalue weighted by molar-refractivity contribution is 6.13. The molecule has 2 aliphatic rings. The molecular weight excluding hydrogens is 405 g/mol. The topological polar surface area (TPSA) is 78.1 Å². The number of imidazole rings is 1. The Kier molecular flexibility index (Phi) is 5.51. The molecule has 1 aliphatic carbocycles. The van der Waals surface area contributed by atoms with E-state index in [1.54, 1.807) is 16.7 Å². The number of aromatic nitrogens is 2. The molecule has 5 rings (SSSR count). The number of rotatable bonds is 4. The van der Waals surface area contributed by atoms with Gasteiger partial charge in [0, 0.05) is 30.4 Å². The number of pyridine rings is 1. The lowest BCUT2D eigenvalue weighted by Crippen LogP contribution is -2.73. The molecule has 32 heavy (non-hydrogen) atoms. The summed E-state index contributed by atoms with van der Waals surface area (Å²) >= 11 is 0. The maximum absolute atomic E-state index is 13.8. The molecule has 1 saturated heterocycles. The molecule has 2 fully saturated rings. The summed E-state index contributed by atoms with van der Waals surface area (Å²) in [5, 5.41) is 10.7. The maximum Gasteiger partial charge on any atom is 0.254 e. The maximum atomic E-state index is 13.8. The summed E-state index contributed by atoms with van der Waals surface area (Å²) in [4.78, 5) is 19.8. The fourth-order valence-electron chi connectivity index (χ4n) is 5.48. The van der Waals surface area contributed by atoms with Crippen LogP contribution in [0.4, 0.5) is 10.1 Å². The molecule has 1 aromatic carbocycles. The Hall–Kier alpha value is -3.06. The van der Waals surface area contributed by atoms with Gasteiger partial charge in [-0.1, -0.05) is 12.8 Å². The summed E-state index contributed by atoms with van der Waals surface area (Å²) in [5.74, 6) is 0.358. The molecule has 3 N–H and O–H groups in total. The van der Waals surface area contributed by atoms with Gasteiger partial charge in [0.05, 0.1) is 30.2 Å². The number of hydrogen-bond donors (Lipinski definition) is 2. The number of piperidine rings is 1. The van der Waals surface area contributed by atoms with Crippen molar-refractivity contribution in [2.24, 2.45) is 5.92 Å². The molecule has 6 nitrogen and oxygen atoms in total. The van der Waals surface area contributed by atoms with E-state index in [1.165, 1.54) is 37.9 Å². The second kappa shape index (κ2) is 8.47. The Morgan fingerprint density at radius 2 is 1.97 bits per heavy atom. The van der Waals surface area contributed by atoms with E-state index in [9.17, 15) is 9.18 Å². The van der Waals surface area contributed by atoms with Crippen molar-refractivity contribution in [1.29, 1.82) is 5.41 Å². The molecule has 0 radical (unpaired) electrons. The van der Waals surface area contributed by atoms with Gasteiger partial charge in [-0.25, -0.2) is 9.37 Å². The first-order valence-corrected chi connectivity index (χ1v) is 11.5. The Balaban J connectivity index is 1.45. The van der Waals surface area contributed by atoms with Crippen LogP contribution in [0.5, 0.6) is 0 Å². The Bertz CT molecular complexity index is 1180. The molecular formula is C25H29FN5O+. The first-order valence-electron chi connectivity index (χ1n) is 11.5. The number of carbonyl (C=O) groups is 1. The molecule has 2 unspecified atom stereocenters. The zero-order chi connectivity index (χ0) is 22.2.